The van der Waals surface area contributed by atoms with E-state index in [1.807, 2.05) is 0 Å². The van der Waals surface area contributed by atoms with Gasteiger partial charge in [-0.1, -0.05) is 12.1 Å². The van der Waals surface area contributed by atoms with E-state index < -0.39 is 23.5 Å². The number of nitrogens with one attached hydrogen (secondary N) is 1. The molecule has 2 amide bonds. The van der Waals surface area contributed by atoms with Crippen LogP contribution in [-0.2, 0) is 14.3 Å². The highest BCUT2D eigenvalue weighted by atomic mass is 16.5. The Balaban J connectivity index is 1.95. The molecule has 1 spiro atoms. The number of ether oxygens (including phenoxy) is 2. The number of hydrogen-bond donors (Lipinski definition) is 2. The lowest BCUT2D eigenvalue weighted by molar-refractivity contribution is -0.150. The van der Waals surface area contributed by atoms with Crippen LogP contribution in [0.1, 0.15) is 24.2 Å². The van der Waals surface area contributed by atoms with Gasteiger partial charge in [0.1, 0.15) is 23.8 Å². The lowest BCUT2D eigenvalue weighted by Crippen LogP contribution is -2.59. The van der Waals surface area contributed by atoms with Crippen LogP contribution in [0.25, 0.3) is 0 Å². The van der Waals surface area contributed by atoms with Crippen LogP contribution in [0.4, 0.5) is 0 Å². The summed E-state index contributed by atoms with van der Waals surface area (Å²) in [7, 11) is 0. The van der Waals surface area contributed by atoms with Gasteiger partial charge in [0.05, 0.1) is 18.2 Å². The molecule has 1 fully saturated rings. The van der Waals surface area contributed by atoms with E-state index in [0.717, 1.165) is 0 Å². The molecule has 1 aromatic rings. The number of nitrogens with two attached hydrogens (primary N) is 1. The van der Waals surface area contributed by atoms with E-state index in [1.54, 1.807) is 38.1 Å². The summed E-state index contributed by atoms with van der Waals surface area (Å²) in [6.07, 6.45) is 0. The van der Waals surface area contributed by atoms with E-state index in [1.165, 1.54) is 4.90 Å². The van der Waals surface area contributed by atoms with Crippen molar-refractivity contribution in [3.8, 4) is 5.75 Å². The maximum atomic E-state index is 12.7. The summed E-state index contributed by atoms with van der Waals surface area (Å²) in [6, 6.07) is 6.17. The highest BCUT2D eigenvalue weighted by Crippen LogP contribution is 2.34. The van der Waals surface area contributed by atoms with Gasteiger partial charge in [-0.2, -0.15) is 0 Å². The molecule has 0 aromatic heterocycles. The number of amides is 2. The van der Waals surface area contributed by atoms with Crippen LogP contribution < -0.4 is 15.8 Å². The first-order chi connectivity index (χ1) is 12.4. The largest absolute Gasteiger partial charge is 0.490 e. The first-order valence-corrected chi connectivity index (χ1v) is 8.63. The van der Waals surface area contributed by atoms with E-state index in [2.05, 4.69) is 5.32 Å². The molecule has 1 unspecified atom stereocenters. The summed E-state index contributed by atoms with van der Waals surface area (Å²) in [4.78, 5) is 39.2. The van der Waals surface area contributed by atoms with Gasteiger partial charge in [0, 0.05) is 13.1 Å². The minimum absolute atomic E-state index is 0.0575. The van der Waals surface area contributed by atoms with Crippen molar-refractivity contribution in [2.75, 3.05) is 26.3 Å². The van der Waals surface area contributed by atoms with Crippen LogP contribution in [0.2, 0.25) is 0 Å². The second-order valence-electron chi connectivity index (χ2n) is 6.71. The summed E-state index contributed by atoms with van der Waals surface area (Å²) in [5.74, 6) is -1.39. The predicted octanol–water partition coefficient (Wildman–Crippen LogP) is -0.0837. The maximum Gasteiger partial charge on any atom is 0.313 e. The molecule has 3 atom stereocenters. The molecule has 0 radical (unpaired) electrons. The lowest BCUT2D eigenvalue weighted by atomic mass is 9.87. The fourth-order valence-corrected chi connectivity index (χ4v) is 3.50. The van der Waals surface area contributed by atoms with Crippen molar-refractivity contribution in [1.82, 2.24) is 10.2 Å². The van der Waals surface area contributed by atoms with Crippen LogP contribution in [0.5, 0.6) is 5.75 Å². The third-order valence-electron chi connectivity index (χ3n) is 4.79. The number of fused-ring (bicyclic) bond motifs is 1. The third kappa shape index (κ3) is 3.12. The standard InChI is InChI=1S/C18H23N3O5/c1-3-25-17(24)13-8-21(16(23)11(2)19)9-18(13)10-26-14-7-5-4-6-12(14)15(22)20-18/h4-7,11,13H,3,8-10,19H2,1-2H3,(H,20,22)/t11?,13-,18-/m0/s1. The Morgan fingerprint density at radius 3 is 2.88 bits per heavy atom. The molecule has 26 heavy (non-hydrogen) atoms. The summed E-state index contributed by atoms with van der Waals surface area (Å²) in [6.45, 7) is 3.83. The van der Waals surface area contributed by atoms with Gasteiger partial charge in [0.2, 0.25) is 5.91 Å². The van der Waals surface area contributed by atoms with Gasteiger partial charge >= 0.3 is 5.97 Å². The van der Waals surface area contributed by atoms with E-state index in [-0.39, 0.29) is 38.1 Å². The Morgan fingerprint density at radius 1 is 1.46 bits per heavy atom. The fourth-order valence-electron chi connectivity index (χ4n) is 3.50. The van der Waals surface area contributed by atoms with Crippen molar-refractivity contribution in [2.24, 2.45) is 11.7 Å². The monoisotopic (exact) mass is 361 g/mol. The zero-order valence-corrected chi connectivity index (χ0v) is 14.9. The van der Waals surface area contributed by atoms with Crippen molar-refractivity contribution in [3.63, 3.8) is 0 Å². The fraction of sp³-hybridized carbons (Fsp3) is 0.500. The number of hydrogen-bond acceptors (Lipinski definition) is 6. The molecule has 8 nitrogen and oxygen atoms in total. The van der Waals surface area contributed by atoms with Crippen LogP contribution in [0.15, 0.2) is 24.3 Å². The smallest absolute Gasteiger partial charge is 0.313 e. The predicted molar refractivity (Wildman–Crippen MR) is 92.5 cm³/mol. The summed E-state index contributed by atoms with van der Waals surface area (Å²) in [5.41, 5.74) is 5.05. The molecule has 3 rings (SSSR count). The Hall–Kier alpha value is -2.61. The highest BCUT2D eigenvalue weighted by molar-refractivity contribution is 5.98. The Morgan fingerprint density at radius 2 is 2.19 bits per heavy atom. The van der Waals surface area contributed by atoms with E-state index in [9.17, 15) is 14.4 Å². The van der Waals surface area contributed by atoms with Crippen molar-refractivity contribution in [1.29, 1.82) is 0 Å². The van der Waals surface area contributed by atoms with Crippen LogP contribution in [0, 0.1) is 5.92 Å². The summed E-state index contributed by atoms with van der Waals surface area (Å²) < 4.78 is 11.0. The number of nitrogens with zero attached hydrogens (tertiary/aromatic N) is 1. The zero-order chi connectivity index (χ0) is 18.9. The number of likely N-dealkylation sites (tertiary alicyclic amines) is 1. The lowest BCUT2D eigenvalue weighted by Gasteiger charge is -2.32. The highest BCUT2D eigenvalue weighted by Gasteiger charge is 2.55. The number of esters is 1. The van der Waals surface area contributed by atoms with Crippen molar-refractivity contribution >= 4 is 17.8 Å². The molecular formula is C18H23N3O5. The molecule has 2 heterocycles. The summed E-state index contributed by atoms with van der Waals surface area (Å²) in [5, 5.41) is 2.92. The van der Waals surface area contributed by atoms with Gasteiger partial charge < -0.3 is 25.4 Å². The topological polar surface area (TPSA) is 111 Å². The first-order valence-electron chi connectivity index (χ1n) is 8.63. The maximum absolute atomic E-state index is 12.7. The molecule has 0 saturated carbocycles. The van der Waals surface area contributed by atoms with E-state index in [0.29, 0.717) is 11.3 Å². The average Bonchev–Trinajstić information content (AvgIpc) is 2.92. The zero-order valence-electron chi connectivity index (χ0n) is 14.9. The first kappa shape index (κ1) is 18.2. The minimum Gasteiger partial charge on any atom is -0.490 e. The Bertz CT molecular complexity index is 735. The molecular weight excluding hydrogens is 338 g/mol. The second-order valence-corrected chi connectivity index (χ2v) is 6.71. The van der Waals surface area contributed by atoms with Gasteiger partial charge in [-0.15, -0.1) is 0 Å². The quantitative estimate of drug-likeness (QED) is 0.729. The van der Waals surface area contributed by atoms with Gasteiger partial charge in [0.25, 0.3) is 5.91 Å². The Kier molecular flexibility index (Phi) is 4.86. The molecule has 3 N–H and O–H groups in total. The van der Waals surface area contributed by atoms with Gasteiger partial charge in [-0.05, 0) is 26.0 Å². The molecule has 0 aliphatic carbocycles. The minimum atomic E-state index is -1.06. The molecule has 1 saturated heterocycles. The number of para-hydroxylation sites is 1. The van der Waals surface area contributed by atoms with Crippen molar-refractivity contribution in [3.05, 3.63) is 29.8 Å². The van der Waals surface area contributed by atoms with Crippen LogP contribution in [0.3, 0.4) is 0 Å². The molecule has 0 bridgehead atoms. The van der Waals surface area contributed by atoms with Crippen molar-refractivity contribution in [2.45, 2.75) is 25.4 Å². The van der Waals surface area contributed by atoms with Crippen molar-refractivity contribution < 1.29 is 23.9 Å². The summed E-state index contributed by atoms with van der Waals surface area (Å²) >= 11 is 0. The van der Waals surface area contributed by atoms with Crippen LogP contribution >= 0.6 is 0 Å². The second kappa shape index (κ2) is 6.95. The number of carbonyl (C=O) groups excluding carboxylic acids is 3. The van der Waals surface area contributed by atoms with Crippen LogP contribution in [-0.4, -0.2) is 60.6 Å². The van der Waals surface area contributed by atoms with Gasteiger partial charge in [-0.3, -0.25) is 14.4 Å². The number of benzene rings is 1. The normalized spacial score (nSPS) is 25.7. The van der Waals surface area contributed by atoms with Gasteiger partial charge in [-0.25, -0.2) is 0 Å². The number of carbonyl (C=O) groups is 3. The number of rotatable bonds is 3. The molecule has 2 aliphatic rings. The molecule has 1 aromatic carbocycles. The van der Waals surface area contributed by atoms with E-state index >= 15 is 0 Å². The van der Waals surface area contributed by atoms with Gasteiger partial charge in [0.15, 0.2) is 0 Å². The van der Waals surface area contributed by atoms with E-state index in [4.69, 9.17) is 15.2 Å². The molecule has 8 heteroatoms. The SMILES string of the molecule is CCOC(=O)[C@@H]1CN(C(=O)C(C)N)C[C@]12COc1ccccc1C(=O)N2. The molecule has 140 valence electrons. The Labute approximate surface area is 151 Å². The average molecular weight is 361 g/mol. The third-order valence-corrected chi connectivity index (χ3v) is 4.79. The molecule has 2 aliphatic heterocycles.